The van der Waals surface area contributed by atoms with Crippen LogP contribution >= 0.6 is 0 Å². The largest absolute Gasteiger partial charge is 0.507 e. The van der Waals surface area contributed by atoms with E-state index in [1.54, 1.807) is 12.1 Å². The maximum absolute atomic E-state index is 9.72. The van der Waals surface area contributed by atoms with Crippen molar-refractivity contribution in [2.75, 3.05) is 13.4 Å². The van der Waals surface area contributed by atoms with Crippen LogP contribution in [-0.2, 0) is 6.54 Å². The Bertz CT molecular complexity index is 380. The van der Waals surface area contributed by atoms with Crippen molar-refractivity contribution in [3.05, 3.63) is 17.7 Å². The SMILES string of the molecule is C[C@H](CO)NCc1cc2c(cc1O)OCO2. The predicted octanol–water partition coefficient (Wildman–Crippen LogP) is 0.591. The first-order valence-electron chi connectivity index (χ1n) is 5.16. The summed E-state index contributed by atoms with van der Waals surface area (Å²) in [4.78, 5) is 0. The summed E-state index contributed by atoms with van der Waals surface area (Å²) >= 11 is 0. The predicted molar refractivity (Wildman–Crippen MR) is 57.6 cm³/mol. The first-order chi connectivity index (χ1) is 7.70. The van der Waals surface area contributed by atoms with Crippen molar-refractivity contribution in [1.82, 2.24) is 5.32 Å². The molecule has 0 unspecified atom stereocenters. The Kier molecular flexibility index (Phi) is 3.17. The second-order valence-corrected chi connectivity index (χ2v) is 3.80. The summed E-state index contributed by atoms with van der Waals surface area (Å²) < 4.78 is 10.4. The van der Waals surface area contributed by atoms with Gasteiger partial charge in [0.1, 0.15) is 5.75 Å². The fraction of sp³-hybridized carbons (Fsp3) is 0.455. The standard InChI is InChI=1S/C11H15NO4/c1-7(5-13)12-4-8-2-10-11(3-9(8)14)16-6-15-10/h2-3,7,12-14H,4-6H2,1H3/t7-/m1/s1. The van der Waals surface area contributed by atoms with Crippen LogP contribution in [0.2, 0.25) is 0 Å². The molecule has 0 bridgehead atoms. The number of aromatic hydroxyl groups is 1. The van der Waals surface area contributed by atoms with Gasteiger partial charge in [-0.15, -0.1) is 0 Å². The van der Waals surface area contributed by atoms with E-state index >= 15 is 0 Å². The maximum atomic E-state index is 9.72. The lowest BCUT2D eigenvalue weighted by Crippen LogP contribution is -2.28. The number of hydrogen-bond acceptors (Lipinski definition) is 5. The van der Waals surface area contributed by atoms with E-state index in [0.717, 1.165) is 5.56 Å². The van der Waals surface area contributed by atoms with Gasteiger partial charge in [0.05, 0.1) is 6.61 Å². The van der Waals surface area contributed by atoms with Gasteiger partial charge in [-0.05, 0) is 13.0 Å². The molecule has 0 amide bonds. The molecule has 2 rings (SSSR count). The molecule has 88 valence electrons. The van der Waals surface area contributed by atoms with E-state index in [4.69, 9.17) is 14.6 Å². The van der Waals surface area contributed by atoms with Crippen LogP contribution in [0.1, 0.15) is 12.5 Å². The number of ether oxygens (including phenoxy) is 2. The van der Waals surface area contributed by atoms with Crippen molar-refractivity contribution < 1.29 is 19.7 Å². The van der Waals surface area contributed by atoms with Crippen LogP contribution in [0.15, 0.2) is 12.1 Å². The van der Waals surface area contributed by atoms with Crippen LogP contribution in [0.5, 0.6) is 17.2 Å². The number of nitrogens with one attached hydrogen (secondary N) is 1. The number of hydrogen-bond donors (Lipinski definition) is 3. The molecule has 1 aromatic rings. The Morgan fingerprint density at radius 3 is 2.75 bits per heavy atom. The summed E-state index contributed by atoms with van der Waals surface area (Å²) in [7, 11) is 0. The molecule has 1 atom stereocenters. The van der Waals surface area contributed by atoms with Gasteiger partial charge in [0, 0.05) is 24.2 Å². The van der Waals surface area contributed by atoms with Crippen LogP contribution in [0.4, 0.5) is 0 Å². The molecule has 1 aliphatic heterocycles. The molecular formula is C11H15NO4. The Balaban J connectivity index is 2.09. The smallest absolute Gasteiger partial charge is 0.231 e. The first-order valence-corrected chi connectivity index (χ1v) is 5.16. The monoisotopic (exact) mass is 225 g/mol. The summed E-state index contributed by atoms with van der Waals surface area (Å²) in [6.07, 6.45) is 0. The zero-order valence-electron chi connectivity index (χ0n) is 9.06. The molecular weight excluding hydrogens is 210 g/mol. The van der Waals surface area contributed by atoms with Crippen LogP contribution < -0.4 is 14.8 Å². The number of phenols is 1. The van der Waals surface area contributed by atoms with Gasteiger partial charge in [-0.3, -0.25) is 0 Å². The topological polar surface area (TPSA) is 71.0 Å². The first kappa shape index (κ1) is 11.0. The van der Waals surface area contributed by atoms with Crippen molar-refractivity contribution in [3.8, 4) is 17.2 Å². The second kappa shape index (κ2) is 4.59. The van der Waals surface area contributed by atoms with Crippen LogP contribution in [-0.4, -0.2) is 29.7 Å². The van der Waals surface area contributed by atoms with Crippen LogP contribution in [0.3, 0.4) is 0 Å². The van der Waals surface area contributed by atoms with E-state index in [2.05, 4.69) is 5.32 Å². The molecule has 0 aromatic heterocycles. The van der Waals surface area contributed by atoms with Gasteiger partial charge in [0.2, 0.25) is 6.79 Å². The quantitative estimate of drug-likeness (QED) is 0.699. The van der Waals surface area contributed by atoms with Gasteiger partial charge in [-0.2, -0.15) is 0 Å². The maximum Gasteiger partial charge on any atom is 0.231 e. The highest BCUT2D eigenvalue weighted by Gasteiger charge is 2.16. The minimum absolute atomic E-state index is 0.00942. The summed E-state index contributed by atoms with van der Waals surface area (Å²) in [5.74, 6) is 1.38. The molecule has 16 heavy (non-hydrogen) atoms. The van der Waals surface area contributed by atoms with Gasteiger partial charge in [0.25, 0.3) is 0 Å². The molecule has 0 aliphatic carbocycles. The summed E-state index contributed by atoms with van der Waals surface area (Å²) in [5, 5.41) is 21.7. The minimum atomic E-state index is -0.00942. The number of aliphatic hydroxyl groups is 1. The van der Waals surface area contributed by atoms with E-state index in [0.29, 0.717) is 18.0 Å². The van der Waals surface area contributed by atoms with Crippen molar-refractivity contribution in [3.63, 3.8) is 0 Å². The van der Waals surface area contributed by atoms with E-state index in [9.17, 15) is 5.11 Å². The van der Waals surface area contributed by atoms with Crippen LogP contribution in [0, 0.1) is 0 Å². The summed E-state index contributed by atoms with van der Waals surface area (Å²) in [5.41, 5.74) is 0.726. The van der Waals surface area contributed by atoms with Gasteiger partial charge < -0.3 is 25.0 Å². The van der Waals surface area contributed by atoms with E-state index < -0.39 is 0 Å². The average Bonchev–Trinajstić information content (AvgIpc) is 2.72. The van der Waals surface area contributed by atoms with Gasteiger partial charge in [0.15, 0.2) is 11.5 Å². The molecule has 1 heterocycles. The Morgan fingerprint density at radius 2 is 2.06 bits per heavy atom. The molecule has 0 radical (unpaired) electrons. The molecule has 3 N–H and O–H groups in total. The molecule has 5 heteroatoms. The fourth-order valence-electron chi connectivity index (χ4n) is 1.46. The van der Waals surface area contributed by atoms with Gasteiger partial charge in [-0.1, -0.05) is 0 Å². The third-order valence-corrected chi connectivity index (χ3v) is 2.49. The molecule has 1 aromatic carbocycles. The molecule has 0 saturated carbocycles. The van der Waals surface area contributed by atoms with Crippen molar-refractivity contribution in [2.45, 2.75) is 19.5 Å². The Hall–Kier alpha value is -1.46. The van der Waals surface area contributed by atoms with Crippen LogP contribution in [0.25, 0.3) is 0 Å². The van der Waals surface area contributed by atoms with Gasteiger partial charge >= 0.3 is 0 Å². The lowest BCUT2D eigenvalue weighted by Gasteiger charge is -2.12. The van der Waals surface area contributed by atoms with Crippen molar-refractivity contribution in [1.29, 1.82) is 0 Å². The van der Waals surface area contributed by atoms with E-state index in [-0.39, 0.29) is 25.2 Å². The third kappa shape index (κ3) is 2.20. The second-order valence-electron chi connectivity index (χ2n) is 3.80. The van der Waals surface area contributed by atoms with E-state index in [1.807, 2.05) is 6.92 Å². The van der Waals surface area contributed by atoms with Crippen molar-refractivity contribution >= 4 is 0 Å². The van der Waals surface area contributed by atoms with Gasteiger partial charge in [-0.25, -0.2) is 0 Å². The molecule has 1 aliphatic rings. The van der Waals surface area contributed by atoms with Crippen molar-refractivity contribution in [2.24, 2.45) is 0 Å². The van der Waals surface area contributed by atoms with E-state index in [1.165, 1.54) is 0 Å². The molecule has 0 fully saturated rings. The average molecular weight is 225 g/mol. The number of aliphatic hydroxyl groups excluding tert-OH is 1. The summed E-state index contributed by atoms with van der Waals surface area (Å²) in [6, 6.07) is 3.28. The number of rotatable bonds is 4. The number of fused-ring (bicyclic) bond motifs is 1. The zero-order chi connectivity index (χ0) is 11.5. The Morgan fingerprint density at radius 1 is 1.38 bits per heavy atom. The highest BCUT2D eigenvalue weighted by atomic mass is 16.7. The lowest BCUT2D eigenvalue weighted by molar-refractivity contribution is 0.174. The molecule has 0 saturated heterocycles. The Labute approximate surface area is 93.6 Å². The fourth-order valence-corrected chi connectivity index (χ4v) is 1.46. The highest BCUT2D eigenvalue weighted by molar-refractivity contribution is 5.51. The normalized spacial score (nSPS) is 15.1. The molecule has 5 nitrogen and oxygen atoms in total. The minimum Gasteiger partial charge on any atom is -0.507 e. The zero-order valence-corrected chi connectivity index (χ0v) is 9.06. The summed E-state index contributed by atoms with van der Waals surface area (Å²) in [6.45, 7) is 2.60. The third-order valence-electron chi connectivity index (χ3n) is 2.49. The molecule has 0 spiro atoms. The lowest BCUT2D eigenvalue weighted by atomic mass is 10.1. The number of phenolic OH excluding ortho intramolecular Hbond substituents is 1. The number of benzene rings is 1. The highest BCUT2D eigenvalue weighted by Crippen LogP contribution is 2.37.